The first-order chi connectivity index (χ1) is 5.66. The topological polar surface area (TPSA) is 67.8 Å². The van der Waals surface area contributed by atoms with E-state index in [1.54, 1.807) is 6.92 Å². The average Bonchev–Trinajstić information content (AvgIpc) is 2.00. The Hall–Kier alpha value is -0.810. The second kappa shape index (κ2) is 6.87. The van der Waals surface area contributed by atoms with Crippen LogP contribution in [-0.4, -0.2) is 30.5 Å². The van der Waals surface area contributed by atoms with Crippen molar-refractivity contribution in [3.05, 3.63) is 0 Å². The molecule has 0 aromatic rings. The van der Waals surface area contributed by atoms with E-state index in [0.29, 0.717) is 6.61 Å². The average molecular weight is 177 g/mol. The first-order valence-electron chi connectivity index (χ1n) is 3.89. The van der Waals surface area contributed by atoms with Crippen LogP contribution >= 0.6 is 0 Å². The number of carbonyl (C=O) groups excluding carboxylic acids is 1. The van der Waals surface area contributed by atoms with Gasteiger partial charge in [0.1, 0.15) is 6.61 Å². The molecule has 0 aliphatic heterocycles. The lowest BCUT2D eigenvalue weighted by atomic mass is 10.5. The summed E-state index contributed by atoms with van der Waals surface area (Å²) >= 11 is 0. The summed E-state index contributed by atoms with van der Waals surface area (Å²) in [4.78, 5) is 15.2. The maximum absolute atomic E-state index is 10.6. The third-order valence-electron chi connectivity index (χ3n) is 0.917. The van der Waals surface area contributed by atoms with Crippen LogP contribution in [0.15, 0.2) is 0 Å². The van der Waals surface area contributed by atoms with Crippen molar-refractivity contribution in [3.63, 3.8) is 0 Å². The molecule has 5 heteroatoms. The van der Waals surface area contributed by atoms with Crippen molar-refractivity contribution >= 4 is 6.09 Å². The first kappa shape index (κ1) is 11.2. The van der Waals surface area contributed by atoms with E-state index in [9.17, 15) is 4.79 Å². The molecule has 0 heterocycles. The Balaban J connectivity index is 3.20. The lowest BCUT2D eigenvalue weighted by Gasteiger charge is -2.07. The quantitative estimate of drug-likeness (QED) is 0.598. The molecule has 0 radical (unpaired) electrons. The van der Waals surface area contributed by atoms with Gasteiger partial charge in [-0.1, -0.05) is 6.92 Å². The maximum Gasteiger partial charge on any atom is 0.431 e. The van der Waals surface area contributed by atoms with Gasteiger partial charge in [0.05, 0.1) is 12.7 Å². The third-order valence-corrected chi connectivity index (χ3v) is 0.917. The summed E-state index contributed by atoms with van der Waals surface area (Å²) in [7, 11) is 0. The second-order valence-electron chi connectivity index (χ2n) is 2.40. The molecule has 1 amide bonds. The van der Waals surface area contributed by atoms with E-state index in [4.69, 9.17) is 5.11 Å². The number of hydrogen-bond donors (Lipinski definition) is 2. The number of hydroxylamine groups is 1. The highest BCUT2D eigenvalue weighted by Crippen LogP contribution is 1.83. The summed E-state index contributed by atoms with van der Waals surface area (Å²) in [6, 6.07) is 0. The zero-order valence-corrected chi connectivity index (χ0v) is 7.37. The molecular weight excluding hydrogens is 162 g/mol. The van der Waals surface area contributed by atoms with Crippen molar-refractivity contribution in [2.24, 2.45) is 0 Å². The minimum absolute atomic E-state index is 0.0568. The van der Waals surface area contributed by atoms with Gasteiger partial charge in [0, 0.05) is 0 Å². The van der Waals surface area contributed by atoms with Crippen molar-refractivity contribution in [3.8, 4) is 0 Å². The highest BCUT2D eigenvalue weighted by molar-refractivity contribution is 5.65. The van der Waals surface area contributed by atoms with Crippen molar-refractivity contribution in [1.82, 2.24) is 5.48 Å². The predicted molar refractivity (Wildman–Crippen MR) is 42.4 cm³/mol. The third kappa shape index (κ3) is 7.30. The van der Waals surface area contributed by atoms with Crippen LogP contribution in [0, 0.1) is 0 Å². The van der Waals surface area contributed by atoms with E-state index in [0.717, 1.165) is 6.42 Å². The first-order valence-corrected chi connectivity index (χ1v) is 3.89. The summed E-state index contributed by atoms with van der Waals surface area (Å²) in [5, 5.41) is 8.72. The van der Waals surface area contributed by atoms with Crippen LogP contribution in [0.25, 0.3) is 0 Å². The van der Waals surface area contributed by atoms with Gasteiger partial charge in [0.2, 0.25) is 0 Å². The molecule has 0 bridgehead atoms. The monoisotopic (exact) mass is 177 g/mol. The number of aliphatic hydroxyl groups is 1. The highest BCUT2D eigenvalue weighted by Gasteiger charge is 2.01. The minimum atomic E-state index is -0.627. The van der Waals surface area contributed by atoms with Gasteiger partial charge in [-0.05, 0) is 13.3 Å². The Morgan fingerprint density at radius 3 is 2.83 bits per heavy atom. The summed E-state index contributed by atoms with van der Waals surface area (Å²) in [6.07, 6.45) is -0.460. The van der Waals surface area contributed by atoms with E-state index >= 15 is 0 Å². The molecule has 12 heavy (non-hydrogen) atoms. The molecule has 5 nitrogen and oxygen atoms in total. The molecule has 0 saturated heterocycles. The van der Waals surface area contributed by atoms with E-state index in [1.165, 1.54) is 0 Å². The van der Waals surface area contributed by atoms with Crippen molar-refractivity contribution in [2.75, 3.05) is 13.2 Å². The number of rotatable bonds is 5. The predicted octanol–water partition coefficient (Wildman–Crippen LogP) is 0.435. The lowest BCUT2D eigenvalue weighted by molar-refractivity contribution is -0.0130. The van der Waals surface area contributed by atoms with Crippen molar-refractivity contribution in [2.45, 2.75) is 26.4 Å². The molecular formula is C7H15NO4. The van der Waals surface area contributed by atoms with Crippen LogP contribution in [0.5, 0.6) is 0 Å². The van der Waals surface area contributed by atoms with Crippen LogP contribution in [0.1, 0.15) is 20.3 Å². The van der Waals surface area contributed by atoms with Crippen molar-refractivity contribution in [1.29, 1.82) is 0 Å². The van der Waals surface area contributed by atoms with Gasteiger partial charge >= 0.3 is 6.09 Å². The molecule has 0 aromatic heterocycles. The van der Waals surface area contributed by atoms with E-state index < -0.39 is 12.2 Å². The van der Waals surface area contributed by atoms with Crippen LogP contribution < -0.4 is 5.48 Å². The Bertz CT molecular complexity index is 127. The molecule has 0 aliphatic rings. The molecule has 0 saturated carbocycles. The van der Waals surface area contributed by atoms with Crippen LogP contribution in [0.3, 0.4) is 0 Å². The van der Waals surface area contributed by atoms with Gasteiger partial charge in [-0.3, -0.25) is 4.84 Å². The Morgan fingerprint density at radius 1 is 1.67 bits per heavy atom. The van der Waals surface area contributed by atoms with Crippen molar-refractivity contribution < 1.29 is 19.5 Å². The lowest BCUT2D eigenvalue weighted by Crippen LogP contribution is -2.28. The number of carbonyl (C=O) groups is 1. The largest absolute Gasteiger partial charge is 0.448 e. The Morgan fingerprint density at radius 2 is 2.33 bits per heavy atom. The van der Waals surface area contributed by atoms with Gasteiger partial charge in [-0.2, -0.15) is 5.48 Å². The van der Waals surface area contributed by atoms with Crippen LogP contribution in [-0.2, 0) is 9.57 Å². The molecule has 0 spiro atoms. The van der Waals surface area contributed by atoms with Gasteiger partial charge in [0.15, 0.2) is 0 Å². The van der Waals surface area contributed by atoms with Gasteiger partial charge < -0.3 is 9.84 Å². The smallest absolute Gasteiger partial charge is 0.431 e. The van der Waals surface area contributed by atoms with Gasteiger partial charge in [-0.15, -0.1) is 0 Å². The molecule has 0 rings (SSSR count). The fraction of sp³-hybridized carbons (Fsp3) is 0.857. The Labute approximate surface area is 71.6 Å². The SMILES string of the molecule is CCCOC(=O)NOCC(C)O. The number of nitrogens with one attached hydrogen (secondary N) is 1. The number of amides is 1. The van der Waals surface area contributed by atoms with E-state index in [1.807, 2.05) is 12.4 Å². The maximum atomic E-state index is 10.6. The highest BCUT2D eigenvalue weighted by atomic mass is 16.7. The molecule has 72 valence electrons. The second-order valence-corrected chi connectivity index (χ2v) is 2.40. The molecule has 1 unspecified atom stereocenters. The number of hydrogen-bond acceptors (Lipinski definition) is 4. The van der Waals surface area contributed by atoms with Gasteiger partial charge in [-0.25, -0.2) is 4.79 Å². The van der Waals surface area contributed by atoms with E-state index in [2.05, 4.69) is 9.57 Å². The summed E-state index contributed by atoms with van der Waals surface area (Å²) in [5.74, 6) is 0. The van der Waals surface area contributed by atoms with Crippen LogP contribution in [0.4, 0.5) is 4.79 Å². The summed E-state index contributed by atoms with van der Waals surface area (Å²) in [5.41, 5.74) is 2.03. The molecule has 0 aromatic carbocycles. The number of ether oxygens (including phenoxy) is 1. The minimum Gasteiger partial charge on any atom is -0.448 e. The Kier molecular flexibility index (Phi) is 6.41. The fourth-order valence-electron chi connectivity index (χ4n) is 0.445. The number of aliphatic hydroxyl groups excluding tert-OH is 1. The normalized spacial score (nSPS) is 12.2. The summed E-state index contributed by atoms with van der Waals surface area (Å²) < 4.78 is 4.62. The zero-order valence-electron chi connectivity index (χ0n) is 7.37. The van der Waals surface area contributed by atoms with Gasteiger partial charge in [0.25, 0.3) is 0 Å². The molecule has 1 atom stereocenters. The van der Waals surface area contributed by atoms with E-state index in [-0.39, 0.29) is 6.61 Å². The fourth-order valence-corrected chi connectivity index (χ4v) is 0.445. The summed E-state index contributed by atoms with van der Waals surface area (Å²) in [6.45, 7) is 3.87. The molecule has 0 aliphatic carbocycles. The standard InChI is InChI=1S/C7H15NO4/c1-3-4-11-7(10)8-12-5-6(2)9/h6,9H,3-5H2,1-2H3,(H,8,10). The molecule has 0 fully saturated rings. The van der Waals surface area contributed by atoms with Crippen LogP contribution in [0.2, 0.25) is 0 Å². The zero-order chi connectivity index (χ0) is 9.40. The molecule has 2 N–H and O–H groups in total.